The van der Waals surface area contributed by atoms with Gasteiger partial charge in [0.05, 0.1) is 5.41 Å². The Morgan fingerprint density at radius 3 is 1.52 bits per heavy atom. The summed E-state index contributed by atoms with van der Waals surface area (Å²) in [6.45, 7) is 3.96. The molecule has 143 valence electrons. The first-order valence-electron chi connectivity index (χ1n) is 8.56. The minimum absolute atomic E-state index is 0. The summed E-state index contributed by atoms with van der Waals surface area (Å²) in [6, 6.07) is 0. The van der Waals surface area contributed by atoms with Gasteiger partial charge in [0.25, 0.3) is 10.1 Å². The van der Waals surface area contributed by atoms with Crippen LogP contribution in [-0.4, -0.2) is 69.9 Å². The largest absolute Gasteiger partial charge is 0.481 e. The van der Waals surface area contributed by atoms with E-state index in [4.69, 9.17) is 0 Å². The third-order valence-corrected chi connectivity index (χ3v) is 5.65. The van der Waals surface area contributed by atoms with Gasteiger partial charge in [0.1, 0.15) is 0 Å². The standard InChI is InChI=1S/C16H30O7S.Na/c1-3-5-7-9-11-16(15(19)20,12-10-8-6-4-2)13(14(17)18)24(21,22)23;/h13H,3-12H2,1-2H3,(H,17,18)(H,19,20)(H,21,22,23);. The molecule has 0 saturated heterocycles. The van der Waals surface area contributed by atoms with Gasteiger partial charge in [0.15, 0.2) is 5.25 Å². The molecule has 0 heterocycles. The first-order chi connectivity index (χ1) is 11.1. The molecule has 0 fully saturated rings. The predicted molar refractivity (Wildman–Crippen MR) is 96.3 cm³/mol. The van der Waals surface area contributed by atoms with Crippen LogP contribution in [0.25, 0.3) is 0 Å². The number of hydrogen-bond donors (Lipinski definition) is 3. The summed E-state index contributed by atoms with van der Waals surface area (Å²) in [7, 11) is -5.03. The molecule has 0 aromatic rings. The van der Waals surface area contributed by atoms with Crippen LogP contribution in [-0.2, 0) is 19.7 Å². The number of hydrogen-bond acceptors (Lipinski definition) is 4. The topological polar surface area (TPSA) is 129 Å². The maximum absolute atomic E-state index is 11.9. The third-order valence-electron chi connectivity index (χ3n) is 4.40. The summed E-state index contributed by atoms with van der Waals surface area (Å²) in [5, 5.41) is 16.6. The summed E-state index contributed by atoms with van der Waals surface area (Å²) in [5.74, 6) is -3.29. The van der Waals surface area contributed by atoms with E-state index < -0.39 is 32.7 Å². The van der Waals surface area contributed by atoms with E-state index in [1.165, 1.54) is 0 Å². The minimum atomic E-state index is -5.03. The van der Waals surface area contributed by atoms with Crippen molar-refractivity contribution in [3.63, 3.8) is 0 Å². The number of carboxylic acid groups (broad SMARTS) is 2. The van der Waals surface area contributed by atoms with Crippen LogP contribution in [0.2, 0.25) is 0 Å². The second-order valence-electron chi connectivity index (χ2n) is 6.32. The quantitative estimate of drug-likeness (QED) is 0.237. The van der Waals surface area contributed by atoms with Crippen LogP contribution in [0.15, 0.2) is 0 Å². The smallest absolute Gasteiger partial charge is 0.325 e. The van der Waals surface area contributed by atoms with Crippen LogP contribution < -0.4 is 0 Å². The molecule has 1 unspecified atom stereocenters. The predicted octanol–water partition coefficient (Wildman–Crippen LogP) is 2.96. The molecule has 0 rings (SSSR count). The Morgan fingerprint density at radius 2 is 1.28 bits per heavy atom. The zero-order chi connectivity index (χ0) is 18.8. The number of unbranched alkanes of at least 4 members (excludes halogenated alkanes) is 6. The van der Waals surface area contributed by atoms with Gasteiger partial charge in [-0.3, -0.25) is 14.1 Å². The van der Waals surface area contributed by atoms with E-state index in [0.717, 1.165) is 25.7 Å². The van der Waals surface area contributed by atoms with Crippen molar-refractivity contribution in [2.45, 2.75) is 83.3 Å². The molecule has 0 aliphatic carbocycles. The molecule has 0 amide bonds. The second kappa shape index (κ2) is 13.1. The first-order valence-corrected chi connectivity index (χ1v) is 10.1. The van der Waals surface area contributed by atoms with Gasteiger partial charge in [-0.2, -0.15) is 8.42 Å². The third kappa shape index (κ3) is 8.86. The molecule has 0 aromatic heterocycles. The molecular formula is C16H30NaO7S. The summed E-state index contributed by atoms with van der Waals surface area (Å²) >= 11 is 0. The Bertz CT molecular complexity index is 493. The molecule has 0 aromatic carbocycles. The van der Waals surface area contributed by atoms with Crippen molar-refractivity contribution in [3.05, 3.63) is 0 Å². The van der Waals surface area contributed by atoms with Crippen molar-refractivity contribution in [2.75, 3.05) is 0 Å². The maximum atomic E-state index is 11.9. The Hall–Kier alpha value is -0.150. The molecule has 9 heteroatoms. The summed E-state index contributed by atoms with van der Waals surface area (Å²) in [5.41, 5.74) is -2.00. The SMILES string of the molecule is CCCCCCC(CCCCCC)(C(=O)O)C(C(=O)O)S(=O)(=O)O.[Na]. The molecule has 25 heavy (non-hydrogen) atoms. The Morgan fingerprint density at radius 1 is 0.880 bits per heavy atom. The van der Waals surface area contributed by atoms with E-state index in [0.29, 0.717) is 25.7 Å². The summed E-state index contributed by atoms with van der Waals surface area (Å²) in [4.78, 5) is 23.4. The molecule has 3 N–H and O–H groups in total. The Labute approximate surface area is 172 Å². The molecule has 1 radical (unpaired) electrons. The normalized spacial score (nSPS) is 13.1. The van der Waals surface area contributed by atoms with Crippen molar-refractivity contribution < 1.29 is 32.8 Å². The van der Waals surface area contributed by atoms with Gasteiger partial charge in [-0.25, -0.2) is 0 Å². The second-order valence-corrected chi connectivity index (χ2v) is 7.82. The van der Waals surface area contributed by atoms with E-state index in [2.05, 4.69) is 0 Å². The van der Waals surface area contributed by atoms with Crippen LogP contribution in [0.4, 0.5) is 0 Å². The van der Waals surface area contributed by atoms with Crippen molar-refractivity contribution in [2.24, 2.45) is 5.41 Å². The van der Waals surface area contributed by atoms with Gasteiger partial charge < -0.3 is 10.2 Å². The van der Waals surface area contributed by atoms with Crippen LogP contribution >= 0.6 is 0 Å². The monoisotopic (exact) mass is 389 g/mol. The van der Waals surface area contributed by atoms with Gasteiger partial charge in [-0.1, -0.05) is 65.2 Å². The zero-order valence-electron chi connectivity index (χ0n) is 15.5. The summed E-state index contributed by atoms with van der Waals surface area (Å²) in [6.07, 6.45) is 5.59. The van der Waals surface area contributed by atoms with Crippen LogP contribution in [0, 0.1) is 5.41 Å². The fraction of sp³-hybridized carbons (Fsp3) is 0.875. The van der Waals surface area contributed by atoms with Crippen LogP contribution in [0.5, 0.6) is 0 Å². The number of carboxylic acids is 2. The Balaban J connectivity index is 0. The van der Waals surface area contributed by atoms with Crippen molar-refractivity contribution in [1.82, 2.24) is 0 Å². The zero-order valence-corrected chi connectivity index (χ0v) is 18.3. The van der Waals surface area contributed by atoms with Crippen molar-refractivity contribution >= 4 is 51.6 Å². The number of rotatable bonds is 14. The van der Waals surface area contributed by atoms with E-state index >= 15 is 0 Å². The van der Waals surface area contributed by atoms with Gasteiger partial charge in [0, 0.05) is 29.6 Å². The molecule has 0 aliphatic rings. The molecule has 1 atom stereocenters. The minimum Gasteiger partial charge on any atom is -0.481 e. The number of aliphatic carboxylic acids is 2. The molecule has 0 spiro atoms. The van der Waals surface area contributed by atoms with Crippen LogP contribution in [0.1, 0.15) is 78.1 Å². The van der Waals surface area contributed by atoms with Gasteiger partial charge in [0.2, 0.25) is 0 Å². The molecule has 0 bridgehead atoms. The van der Waals surface area contributed by atoms with Gasteiger partial charge >= 0.3 is 11.9 Å². The number of carbonyl (C=O) groups is 2. The van der Waals surface area contributed by atoms with Crippen molar-refractivity contribution in [3.8, 4) is 0 Å². The molecule has 7 nitrogen and oxygen atoms in total. The average Bonchev–Trinajstić information content (AvgIpc) is 2.45. The van der Waals surface area contributed by atoms with Gasteiger partial charge in [-0.05, 0) is 12.8 Å². The fourth-order valence-electron chi connectivity index (χ4n) is 3.10. The average molecular weight is 389 g/mol. The van der Waals surface area contributed by atoms with E-state index in [1.54, 1.807) is 0 Å². The summed E-state index contributed by atoms with van der Waals surface area (Å²) < 4.78 is 32.6. The molecule has 0 saturated carbocycles. The van der Waals surface area contributed by atoms with E-state index in [9.17, 15) is 32.8 Å². The van der Waals surface area contributed by atoms with Crippen LogP contribution in [0.3, 0.4) is 0 Å². The Kier molecular flexibility index (Phi) is 14.2. The van der Waals surface area contributed by atoms with Crippen molar-refractivity contribution in [1.29, 1.82) is 0 Å². The van der Waals surface area contributed by atoms with E-state index in [-0.39, 0.29) is 42.4 Å². The first kappa shape index (κ1) is 27.1. The maximum Gasteiger partial charge on any atom is 0.325 e. The molecular weight excluding hydrogens is 359 g/mol. The van der Waals surface area contributed by atoms with E-state index in [1.807, 2.05) is 13.8 Å². The molecule has 0 aliphatic heterocycles. The fourth-order valence-corrected chi connectivity index (χ4v) is 4.26. The van der Waals surface area contributed by atoms with Gasteiger partial charge in [-0.15, -0.1) is 0 Å².